The van der Waals surface area contributed by atoms with E-state index < -0.39 is 6.09 Å². The first-order valence-electron chi connectivity index (χ1n) is 10.9. The lowest BCUT2D eigenvalue weighted by molar-refractivity contribution is -0.727. The van der Waals surface area contributed by atoms with Crippen LogP contribution in [0.4, 0.5) is 4.79 Å². The summed E-state index contributed by atoms with van der Waals surface area (Å²) in [6.45, 7) is 7.98. The molecule has 0 unspecified atom stereocenters. The highest BCUT2D eigenvalue weighted by Gasteiger charge is 2.14. The van der Waals surface area contributed by atoms with Crippen molar-refractivity contribution in [2.45, 2.75) is 59.4 Å². The molecule has 2 N–H and O–H groups in total. The van der Waals surface area contributed by atoms with Gasteiger partial charge in [-0.2, -0.15) is 4.57 Å². The van der Waals surface area contributed by atoms with Gasteiger partial charge in [0.1, 0.15) is 0 Å². The van der Waals surface area contributed by atoms with Crippen molar-refractivity contribution >= 4 is 12.0 Å². The van der Waals surface area contributed by atoms with Crippen molar-refractivity contribution in [2.24, 2.45) is 0 Å². The van der Waals surface area contributed by atoms with Gasteiger partial charge in [-0.25, -0.2) is 4.79 Å². The average molecular weight is 437 g/mol. The molecule has 0 aliphatic carbocycles. The predicted molar refractivity (Wildman–Crippen MR) is 126 cm³/mol. The molecule has 0 aliphatic rings. The largest absolute Gasteiger partial charge is 0.412 e. The first-order chi connectivity index (χ1) is 15.4. The molecule has 0 saturated carbocycles. The van der Waals surface area contributed by atoms with E-state index in [0.29, 0.717) is 5.56 Å². The van der Waals surface area contributed by atoms with Crippen molar-refractivity contribution in [1.29, 1.82) is 0 Å². The molecule has 0 radical (unpaired) electrons. The number of hydrogen-bond acceptors (Lipinski definition) is 3. The Bertz CT molecular complexity index is 921. The maximum absolute atomic E-state index is 12.5. The van der Waals surface area contributed by atoms with E-state index in [9.17, 15) is 9.59 Å². The molecular weight excluding hydrogens is 402 g/mol. The lowest BCUT2D eigenvalue weighted by atomic mass is 10.1. The van der Waals surface area contributed by atoms with E-state index in [1.807, 2.05) is 76.3 Å². The van der Waals surface area contributed by atoms with Crippen molar-refractivity contribution in [1.82, 2.24) is 10.6 Å². The number of alkyl carbamates (subject to hydrolysis) is 1. The van der Waals surface area contributed by atoms with Gasteiger partial charge in [0, 0.05) is 24.2 Å². The summed E-state index contributed by atoms with van der Waals surface area (Å²) in [4.78, 5) is 24.5. The van der Waals surface area contributed by atoms with Gasteiger partial charge in [0.2, 0.25) is 0 Å². The van der Waals surface area contributed by atoms with E-state index in [1.165, 1.54) is 11.1 Å². The van der Waals surface area contributed by atoms with Crippen LogP contribution >= 0.6 is 0 Å². The monoisotopic (exact) mass is 436 g/mol. The Morgan fingerprint density at radius 1 is 1.03 bits per heavy atom. The van der Waals surface area contributed by atoms with Gasteiger partial charge in [0.05, 0.1) is 5.56 Å². The molecule has 0 fully saturated rings. The molecule has 6 heteroatoms. The maximum Gasteiger partial charge on any atom is 0.412 e. The summed E-state index contributed by atoms with van der Waals surface area (Å²) in [7, 11) is 0. The normalized spacial score (nSPS) is 13.4. The zero-order chi connectivity index (χ0) is 23.3. The van der Waals surface area contributed by atoms with Crippen LogP contribution in [-0.2, 0) is 17.9 Å². The standard InChI is InChI=1S/C26H33N3O3/c1-5-6-10-20(2)17-21(3)28-26(31)32-19-29-15-13-24(14-16-29)25(30)27-22(4)18-23-11-8-7-9-12-23/h5-16,21-22H,17-19H2,1-4H3,(H-,27,28,30,31)/p+1/b6-5-,20-10+/t21-,22+/m0/s1. The first-order valence-corrected chi connectivity index (χ1v) is 10.9. The highest BCUT2D eigenvalue weighted by Crippen LogP contribution is 2.06. The molecule has 2 atom stereocenters. The second-order valence-electron chi connectivity index (χ2n) is 8.01. The number of rotatable bonds is 10. The quantitative estimate of drug-likeness (QED) is 0.430. The minimum atomic E-state index is -0.472. The Hall–Kier alpha value is -3.41. The SMILES string of the molecule is C/C=C\C=C(/C)C[C@H](C)NC(=O)OC[n+]1ccc(C(=O)N[C@H](C)Cc2ccccc2)cc1. The number of ether oxygens (including phenoxy) is 1. The Morgan fingerprint density at radius 3 is 2.38 bits per heavy atom. The van der Waals surface area contributed by atoms with Crippen LogP contribution in [0.1, 0.15) is 50.0 Å². The van der Waals surface area contributed by atoms with Crippen LogP contribution in [0.5, 0.6) is 0 Å². The number of aromatic nitrogens is 1. The van der Waals surface area contributed by atoms with Crippen molar-refractivity contribution in [2.75, 3.05) is 0 Å². The molecule has 1 heterocycles. The summed E-state index contributed by atoms with van der Waals surface area (Å²) in [5.41, 5.74) is 2.92. The molecule has 1 aromatic carbocycles. The van der Waals surface area contributed by atoms with Crippen molar-refractivity contribution in [3.63, 3.8) is 0 Å². The molecule has 6 nitrogen and oxygen atoms in total. The van der Waals surface area contributed by atoms with Crippen LogP contribution in [0.15, 0.2) is 78.7 Å². The molecule has 0 saturated heterocycles. The Kier molecular flexibility index (Phi) is 10.2. The van der Waals surface area contributed by atoms with Gasteiger partial charge in [-0.1, -0.05) is 54.1 Å². The molecule has 2 rings (SSSR count). The lowest BCUT2D eigenvalue weighted by Gasteiger charge is -2.14. The minimum Gasteiger partial charge on any atom is -0.388 e. The van der Waals surface area contributed by atoms with Gasteiger partial charge in [0.15, 0.2) is 12.4 Å². The van der Waals surface area contributed by atoms with Gasteiger partial charge in [-0.15, -0.1) is 0 Å². The van der Waals surface area contributed by atoms with E-state index in [-0.39, 0.29) is 24.7 Å². The van der Waals surface area contributed by atoms with Gasteiger partial charge < -0.3 is 15.4 Å². The van der Waals surface area contributed by atoms with Crippen molar-refractivity contribution in [3.8, 4) is 0 Å². The smallest absolute Gasteiger partial charge is 0.388 e. The van der Waals surface area contributed by atoms with Gasteiger partial charge in [-0.3, -0.25) is 4.79 Å². The summed E-state index contributed by atoms with van der Waals surface area (Å²) in [5, 5.41) is 5.84. The topological polar surface area (TPSA) is 71.3 Å². The summed E-state index contributed by atoms with van der Waals surface area (Å²) < 4.78 is 6.97. The summed E-state index contributed by atoms with van der Waals surface area (Å²) in [6.07, 6.45) is 10.5. The third-order valence-electron chi connectivity index (χ3n) is 4.83. The number of nitrogens with zero attached hydrogens (tertiary/aromatic N) is 1. The van der Waals surface area contributed by atoms with E-state index >= 15 is 0 Å². The molecule has 0 spiro atoms. The third kappa shape index (κ3) is 9.16. The predicted octanol–water partition coefficient (Wildman–Crippen LogP) is 4.32. The Balaban J connectivity index is 1.77. The van der Waals surface area contributed by atoms with Crippen molar-refractivity contribution < 1.29 is 18.9 Å². The third-order valence-corrected chi connectivity index (χ3v) is 4.83. The maximum atomic E-state index is 12.5. The van der Waals surface area contributed by atoms with E-state index in [4.69, 9.17) is 4.74 Å². The first kappa shape index (κ1) is 24.9. The molecule has 2 amide bonds. The van der Waals surface area contributed by atoms with Gasteiger partial charge >= 0.3 is 6.09 Å². The van der Waals surface area contributed by atoms with E-state index in [0.717, 1.165) is 12.8 Å². The molecule has 32 heavy (non-hydrogen) atoms. The molecule has 0 bridgehead atoms. The molecule has 170 valence electrons. The number of hydrogen-bond donors (Lipinski definition) is 2. The van der Waals surface area contributed by atoms with Gasteiger partial charge in [-0.05, 0) is 46.1 Å². The second kappa shape index (κ2) is 13.1. The highest BCUT2D eigenvalue weighted by atomic mass is 16.6. The van der Waals surface area contributed by atoms with Crippen LogP contribution in [-0.4, -0.2) is 24.1 Å². The number of carbonyl (C=O) groups is 2. The Labute approximate surface area is 191 Å². The number of nitrogens with one attached hydrogen (secondary N) is 2. The number of allylic oxidation sites excluding steroid dienone is 3. The van der Waals surface area contributed by atoms with Crippen LogP contribution < -0.4 is 15.2 Å². The highest BCUT2D eigenvalue weighted by molar-refractivity contribution is 5.94. The summed E-state index contributed by atoms with van der Waals surface area (Å²) in [5.74, 6) is -0.130. The number of benzene rings is 1. The fourth-order valence-electron chi connectivity index (χ4n) is 3.26. The zero-order valence-corrected chi connectivity index (χ0v) is 19.4. The fourth-order valence-corrected chi connectivity index (χ4v) is 3.26. The van der Waals surface area contributed by atoms with Gasteiger partial charge in [0.25, 0.3) is 12.6 Å². The molecule has 0 aliphatic heterocycles. The zero-order valence-electron chi connectivity index (χ0n) is 19.4. The number of carbonyl (C=O) groups excluding carboxylic acids is 2. The molecule has 2 aromatic rings. The number of pyridine rings is 1. The fraction of sp³-hybridized carbons (Fsp3) is 0.346. The average Bonchev–Trinajstić information content (AvgIpc) is 2.77. The summed E-state index contributed by atoms with van der Waals surface area (Å²) in [6, 6.07) is 13.5. The lowest BCUT2D eigenvalue weighted by Crippen LogP contribution is -2.40. The Morgan fingerprint density at radius 2 is 1.72 bits per heavy atom. The summed E-state index contributed by atoms with van der Waals surface area (Å²) >= 11 is 0. The number of amides is 2. The minimum absolute atomic E-state index is 0.0164. The molecular formula is C26H34N3O3+. The second-order valence-corrected chi connectivity index (χ2v) is 8.01. The van der Waals surface area contributed by atoms with Crippen LogP contribution in [0.3, 0.4) is 0 Å². The molecule has 1 aromatic heterocycles. The van der Waals surface area contributed by atoms with Crippen LogP contribution in [0.25, 0.3) is 0 Å². The van der Waals surface area contributed by atoms with E-state index in [2.05, 4.69) is 10.6 Å². The van der Waals surface area contributed by atoms with E-state index in [1.54, 1.807) is 29.1 Å². The van der Waals surface area contributed by atoms with Crippen LogP contribution in [0, 0.1) is 0 Å². The van der Waals surface area contributed by atoms with Crippen LogP contribution in [0.2, 0.25) is 0 Å². The van der Waals surface area contributed by atoms with Crippen molar-refractivity contribution in [3.05, 3.63) is 89.8 Å².